The minimum atomic E-state index is -0.968. The topological polar surface area (TPSA) is 82.7 Å². The number of aliphatic hydroxyl groups excluding tert-OH is 1. The lowest BCUT2D eigenvalue weighted by Crippen LogP contribution is -2.50. The quantitative estimate of drug-likeness (QED) is 0.894. The van der Waals surface area contributed by atoms with Crippen molar-refractivity contribution in [1.29, 1.82) is 0 Å². The Morgan fingerprint density at radius 2 is 2.08 bits per heavy atom. The number of carbonyl (C=O) groups excluding carboxylic acids is 1. The average molecular weight is 348 g/mol. The first-order valence-electron chi connectivity index (χ1n) is 8.22. The highest BCUT2D eigenvalue weighted by Gasteiger charge is 2.24. The Kier molecular flexibility index (Phi) is 5.10. The van der Waals surface area contributed by atoms with Crippen LogP contribution in [0, 0.1) is 12.7 Å². The maximum atomic E-state index is 13.4. The summed E-state index contributed by atoms with van der Waals surface area (Å²) in [4.78, 5) is 19.9. The summed E-state index contributed by atoms with van der Waals surface area (Å²) in [6, 6.07) is 4.70. The number of benzene rings is 1. The number of aryl methyl sites for hydroxylation is 1. The summed E-state index contributed by atoms with van der Waals surface area (Å²) in [7, 11) is 0. The number of aliphatic hydroxyl groups is 1. The molecule has 1 saturated heterocycles. The molecule has 0 aliphatic carbocycles. The van der Waals surface area contributed by atoms with E-state index in [1.165, 1.54) is 13.0 Å². The number of halogens is 1. The van der Waals surface area contributed by atoms with Gasteiger partial charge in [-0.3, -0.25) is 9.69 Å². The molecule has 1 atom stereocenters. The zero-order chi connectivity index (χ0) is 18.0. The zero-order valence-electron chi connectivity index (χ0n) is 14.3. The van der Waals surface area contributed by atoms with Gasteiger partial charge in [-0.2, -0.15) is 4.98 Å². The first-order valence-corrected chi connectivity index (χ1v) is 8.22. The number of piperazine rings is 1. The Morgan fingerprint density at radius 1 is 1.36 bits per heavy atom. The van der Waals surface area contributed by atoms with E-state index >= 15 is 0 Å². The number of aromatic nitrogens is 2. The van der Waals surface area contributed by atoms with Crippen LogP contribution in [0.1, 0.15) is 18.4 Å². The van der Waals surface area contributed by atoms with E-state index in [9.17, 15) is 14.3 Å². The second kappa shape index (κ2) is 7.28. The maximum Gasteiger partial charge on any atom is 0.251 e. The second-order valence-electron chi connectivity index (χ2n) is 6.25. The summed E-state index contributed by atoms with van der Waals surface area (Å²) in [5.41, 5.74) is 1.24. The molecule has 1 amide bonds. The molecule has 8 heteroatoms. The van der Waals surface area contributed by atoms with E-state index in [1.54, 1.807) is 24.0 Å². The third-order valence-corrected chi connectivity index (χ3v) is 4.28. The fourth-order valence-electron chi connectivity index (χ4n) is 2.80. The van der Waals surface area contributed by atoms with Gasteiger partial charge >= 0.3 is 0 Å². The Hall–Kier alpha value is -2.32. The second-order valence-corrected chi connectivity index (χ2v) is 6.25. The van der Waals surface area contributed by atoms with Crippen LogP contribution < -0.4 is 0 Å². The number of hydrogen-bond donors (Lipinski definition) is 1. The standard InChI is InChI=1S/C17H21FN4O3/c1-11-9-13(3-4-14(11)18)16-19-15(25-20-16)10-21-5-7-22(8-6-21)17(24)12(2)23/h3-4,9,12,23H,5-8,10H2,1-2H3. The number of amides is 1. The molecule has 0 spiro atoms. The van der Waals surface area contributed by atoms with Crippen LogP contribution in [-0.4, -0.2) is 63.2 Å². The number of nitrogens with zero attached hydrogens (tertiary/aromatic N) is 4. The van der Waals surface area contributed by atoms with Crippen LogP contribution in [0.3, 0.4) is 0 Å². The van der Waals surface area contributed by atoms with Gasteiger partial charge in [-0.1, -0.05) is 5.16 Å². The Bertz CT molecular complexity index is 754. The van der Waals surface area contributed by atoms with Gasteiger partial charge in [0.1, 0.15) is 11.9 Å². The molecule has 25 heavy (non-hydrogen) atoms. The van der Waals surface area contributed by atoms with Crippen molar-refractivity contribution in [2.45, 2.75) is 26.5 Å². The Morgan fingerprint density at radius 3 is 2.72 bits per heavy atom. The molecule has 1 unspecified atom stereocenters. The molecule has 1 aliphatic heterocycles. The molecule has 1 aliphatic rings. The van der Waals surface area contributed by atoms with Crippen LogP contribution in [0.5, 0.6) is 0 Å². The predicted octanol–water partition coefficient (Wildman–Crippen LogP) is 1.21. The summed E-state index contributed by atoms with van der Waals surface area (Å²) >= 11 is 0. The van der Waals surface area contributed by atoms with Crippen LogP contribution in [-0.2, 0) is 11.3 Å². The zero-order valence-corrected chi connectivity index (χ0v) is 14.3. The third-order valence-electron chi connectivity index (χ3n) is 4.28. The van der Waals surface area contributed by atoms with Gasteiger partial charge < -0.3 is 14.5 Å². The molecule has 0 radical (unpaired) electrons. The lowest BCUT2D eigenvalue weighted by Gasteiger charge is -2.34. The highest BCUT2D eigenvalue weighted by atomic mass is 19.1. The summed E-state index contributed by atoms with van der Waals surface area (Å²) in [6.07, 6.45) is -0.968. The van der Waals surface area contributed by atoms with Crippen molar-refractivity contribution in [2.24, 2.45) is 0 Å². The van der Waals surface area contributed by atoms with Gasteiger partial charge in [-0.25, -0.2) is 4.39 Å². The molecule has 134 valence electrons. The molecular formula is C17H21FN4O3. The van der Waals surface area contributed by atoms with E-state index in [0.717, 1.165) is 0 Å². The lowest BCUT2D eigenvalue weighted by atomic mass is 10.1. The fourth-order valence-corrected chi connectivity index (χ4v) is 2.80. The van der Waals surface area contributed by atoms with Crippen molar-refractivity contribution in [3.8, 4) is 11.4 Å². The predicted molar refractivity (Wildman–Crippen MR) is 88.0 cm³/mol. The number of rotatable bonds is 4. The average Bonchev–Trinajstić information content (AvgIpc) is 3.06. The summed E-state index contributed by atoms with van der Waals surface area (Å²) in [5, 5.41) is 13.3. The Labute approximate surface area is 145 Å². The molecule has 2 aromatic rings. The molecule has 1 N–H and O–H groups in total. The van der Waals surface area contributed by atoms with E-state index in [-0.39, 0.29) is 11.7 Å². The van der Waals surface area contributed by atoms with Gasteiger partial charge in [0, 0.05) is 31.7 Å². The van der Waals surface area contributed by atoms with Crippen LogP contribution in [0.2, 0.25) is 0 Å². The molecule has 7 nitrogen and oxygen atoms in total. The summed E-state index contributed by atoms with van der Waals surface area (Å²) < 4.78 is 18.6. The maximum absolute atomic E-state index is 13.4. The SMILES string of the molecule is Cc1cc(-c2noc(CN3CCN(C(=O)C(C)O)CC3)n2)ccc1F. The van der Waals surface area contributed by atoms with Crippen LogP contribution >= 0.6 is 0 Å². The van der Waals surface area contributed by atoms with Crippen molar-refractivity contribution < 1.29 is 18.8 Å². The molecule has 0 saturated carbocycles. The minimum absolute atomic E-state index is 0.244. The fraction of sp³-hybridized carbons (Fsp3) is 0.471. The third kappa shape index (κ3) is 4.02. The minimum Gasteiger partial charge on any atom is -0.384 e. The summed E-state index contributed by atoms with van der Waals surface area (Å²) in [5.74, 6) is 0.400. The molecule has 2 heterocycles. The van der Waals surface area contributed by atoms with Crippen molar-refractivity contribution in [3.63, 3.8) is 0 Å². The van der Waals surface area contributed by atoms with Crippen LogP contribution in [0.15, 0.2) is 22.7 Å². The first kappa shape index (κ1) is 17.5. The van der Waals surface area contributed by atoms with Crippen molar-refractivity contribution in [2.75, 3.05) is 26.2 Å². The van der Waals surface area contributed by atoms with E-state index < -0.39 is 6.10 Å². The largest absolute Gasteiger partial charge is 0.384 e. The van der Waals surface area contributed by atoms with Gasteiger partial charge in [0.25, 0.3) is 5.91 Å². The van der Waals surface area contributed by atoms with Crippen molar-refractivity contribution >= 4 is 5.91 Å². The van der Waals surface area contributed by atoms with Crippen LogP contribution in [0.4, 0.5) is 4.39 Å². The van der Waals surface area contributed by atoms with E-state index in [2.05, 4.69) is 15.0 Å². The number of hydrogen-bond acceptors (Lipinski definition) is 6. The smallest absolute Gasteiger partial charge is 0.251 e. The van der Waals surface area contributed by atoms with Crippen LogP contribution in [0.25, 0.3) is 11.4 Å². The molecule has 1 aromatic carbocycles. The lowest BCUT2D eigenvalue weighted by molar-refractivity contribution is -0.141. The van der Waals surface area contributed by atoms with E-state index in [0.29, 0.717) is 55.6 Å². The van der Waals surface area contributed by atoms with Gasteiger partial charge in [0.15, 0.2) is 0 Å². The highest BCUT2D eigenvalue weighted by molar-refractivity contribution is 5.80. The van der Waals surface area contributed by atoms with E-state index in [4.69, 9.17) is 4.52 Å². The van der Waals surface area contributed by atoms with Gasteiger partial charge in [-0.05, 0) is 37.6 Å². The Balaban J connectivity index is 1.59. The molecule has 0 bridgehead atoms. The molecular weight excluding hydrogens is 327 g/mol. The van der Waals surface area contributed by atoms with Gasteiger partial charge in [-0.15, -0.1) is 0 Å². The first-order chi connectivity index (χ1) is 11.9. The van der Waals surface area contributed by atoms with Crippen molar-refractivity contribution in [1.82, 2.24) is 19.9 Å². The number of carbonyl (C=O) groups is 1. The normalized spacial score (nSPS) is 16.9. The summed E-state index contributed by atoms with van der Waals surface area (Å²) in [6.45, 7) is 6.12. The van der Waals surface area contributed by atoms with Crippen molar-refractivity contribution in [3.05, 3.63) is 35.5 Å². The molecule has 1 aromatic heterocycles. The molecule has 3 rings (SSSR count). The molecule has 1 fully saturated rings. The van der Waals surface area contributed by atoms with Gasteiger partial charge in [0.2, 0.25) is 11.7 Å². The van der Waals surface area contributed by atoms with E-state index in [1.807, 2.05) is 0 Å². The van der Waals surface area contributed by atoms with Gasteiger partial charge in [0.05, 0.1) is 6.54 Å². The highest BCUT2D eigenvalue weighted by Crippen LogP contribution is 2.19. The monoisotopic (exact) mass is 348 g/mol.